The average molecular weight is 292 g/mol. The number of rotatable bonds is 3. The van der Waals surface area contributed by atoms with E-state index in [4.69, 9.17) is 0 Å². The molecule has 3 rings (SSSR count). The lowest BCUT2D eigenvalue weighted by Crippen LogP contribution is -2.03. The molecule has 0 amide bonds. The van der Waals surface area contributed by atoms with E-state index in [9.17, 15) is 9.90 Å². The van der Waals surface area contributed by atoms with Gasteiger partial charge in [0.05, 0.1) is 17.0 Å². The van der Waals surface area contributed by atoms with Crippen molar-refractivity contribution in [1.82, 2.24) is 9.55 Å². The van der Waals surface area contributed by atoms with E-state index in [0.717, 1.165) is 22.6 Å². The van der Waals surface area contributed by atoms with E-state index in [-0.39, 0.29) is 0 Å². The van der Waals surface area contributed by atoms with Crippen molar-refractivity contribution >= 4 is 5.97 Å². The molecular weight excluding hydrogens is 276 g/mol. The van der Waals surface area contributed by atoms with Gasteiger partial charge in [0.25, 0.3) is 0 Å². The first-order valence-corrected chi connectivity index (χ1v) is 7.02. The highest BCUT2D eigenvalue weighted by atomic mass is 16.4. The Morgan fingerprint density at radius 3 is 2.55 bits per heavy atom. The first-order valence-electron chi connectivity index (χ1n) is 7.02. The number of nitrogens with zero attached hydrogens (tertiary/aromatic N) is 2. The zero-order valence-electron chi connectivity index (χ0n) is 12.4. The van der Waals surface area contributed by atoms with Crippen molar-refractivity contribution < 1.29 is 9.90 Å². The predicted octanol–water partition coefficient (Wildman–Crippen LogP) is 3.85. The van der Waals surface area contributed by atoms with Gasteiger partial charge in [-0.25, -0.2) is 4.79 Å². The van der Waals surface area contributed by atoms with Crippen LogP contribution >= 0.6 is 0 Å². The fraction of sp³-hybridized carbons (Fsp3) is 0.111. The molecule has 0 bridgehead atoms. The molecule has 0 aliphatic carbocycles. The quantitative estimate of drug-likeness (QED) is 0.797. The Morgan fingerprint density at radius 2 is 1.91 bits per heavy atom. The van der Waals surface area contributed by atoms with Crippen molar-refractivity contribution in [3.63, 3.8) is 0 Å². The van der Waals surface area contributed by atoms with Crippen molar-refractivity contribution in [1.29, 1.82) is 0 Å². The highest BCUT2D eigenvalue weighted by Crippen LogP contribution is 2.28. The first-order chi connectivity index (χ1) is 10.6. The van der Waals surface area contributed by atoms with Crippen molar-refractivity contribution in [2.45, 2.75) is 13.8 Å². The van der Waals surface area contributed by atoms with E-state index in [0.29, 0.717) is 11.3 Å². The highest BCUT2D eigenvalue weighted by molar-refractivity contribution is 5.91. The third-order valence-corrected chi connectivity index (χ3v) is 3.66. The summed E-state index contributed by atoms with van der Waals surface area (Å²) >= 11 is 0. The summed E-state index contributed by atoms with van der Waals surface area (Å²) in [6, 6.07) is 15.3. The molecule has 4 nitrogen and oxygen atoms in total. The second-order valence-corrected chi connectivity index (χ2v) is 5.22. The minimum Gasteiger partial charge on any atom is -0.478 e. The third-order valence-electron chi connectivity index (χ3n) is 3.66. The molecule has 0 unspecified atom stereocenters. The van der Waals surface area contributed by atoms with Crippen molar-refractivity contribution in [2.75, 3.05) is 0 Å². The van der Waals surface area contributed by atoms with Gasteiger partial charge in [0.15, 0.2) is 0 Å². The molecule has 1 aromatic carbocycles. The van der Waals surface area contributed by atoms with Gasteiger partial charge in [-0.3, -0.25) is 4.98 Å². The van der Waals surface area contributed by atoms with Gasteiger partial charge in [-0.05, 0) is 49.7 Å². The molecule has 0 radical (unpaired) electrons. The molecule has 4 heteroatoms. The molecule has 0 saturated heterocycles. The maximum absolute atomic E-state index is 11.5. The lowest BCUT2D eigenvalue weighted by atomic mass is 10.2. The summed E-state index contributed by atoms with van der Waals surface area (Å²) in [5, 5.41) is 9.42. The summed E-state index contributed by atoms with van der Waals surface area (Å²) in [4.78, 5) is 15.8. The summed E-state index contributed by atoms with van der Waals surface area (Å²) in [6.45, 7) is 3.83. The summed E-state index contributed by atoms with van der Waals surface area (Å²) in [5.74, 6) is -0.930. The summed E-state index contributed by atoms with van der Waals surface area (Å²) in [6.07, 6.45) is 1.71. The van der Waals surface area contributed by atoms with Crippen LogP contribution in [0, 0.1) is 13.8 Å². The van der Waals surface area contributed by atoms with Crippen LogP contribution in [0.1, 0.15) is 21.6 Å². The average Bonchev–Trinajstić information content (AvgIpc) is 2.86. The molecule has 0 fully saturated rings. The van der Waals surface area contributed by atoms with E-state index in [1.165, 1.54) is 0 Å². The second-order valence-electron chi connectivity index (χ2n) is 5.22. The number of carbonyl (C=O) groups is 1. The number of pyridine rings is 1. The van der Waals surface area contributed by atoms with E-state index in [2.05, 4.69) is 4.98 Å². The van der Waals surface area contributed by atoms with Crippen LogP contribution in [-0.2, 0) is 0 Å². The Hall–Kier alpha value is -2.88. The molecule has 0 spiro atoms. The molecule has 0 aliphatic rings. The van der Waals surface area contributed by atoms with E-state index in [1.807, 2.05) is 60.9 Å². The number of aromatic nitrogens is 2. The minimum atomic E-state index is -0.930. The molecular formula is C18H16N2O2. The lowest BCUT2D eigenvalue weighted by molar-refractivity contribution is 0.0696. The van der Waals surface area contributed by atoms with Crippen molar-refractivity contribution in [3.8, 4) is 17.1 Å². The number of carboxylic acids is 1. The van der Waals surface area contributed by atoms with E-state index in [1.54, 1.807) is 12.3 Å². The lowest BCUT2D eigenvalue weighted by Gasteiger charge is -2.12. The summed E-state index contributed by atoms with van der Waals surface area (Å²) in [7, 11) is 0. The number of hydrogen-bond donors (Lipinski definition) is 1. The molecule has 22 heavy (non-hydrogen) atoms. The smallest absolute Gasteiger partial charge is 0.337 e. The van der Waals surface area contributed by atoms with Crippen molar-refractivity contribution in [3.05, 3.63) is 71.5 Å². The Labute approximate surface area is 128 Å². The van der Waals surface area contributed by atoms with Gasteiger partial charge in [-0.1, -0.05) is 18.2 Å². The number of hydrogen-bond acceptors (Lipinski definition) is 2. The normalized spacial score (nSPS) is 10.6. The van der Waals surface area contributed by atoms with Gasteiger partial charge in [-0.15, -0.1) is 0 Å². The largest absolute Gasteiger partial charge is 0.478 e. The zero-order chi connectivity index (χ0) is 15.7. The fourth-order valence-electron chi connectivity index (χ4n) is 2.63. The number of aromatic carboxylic acids is 1. The standard InChI is InChI=1S/C18H16N2O2/c1-12-6-5-7-14(10-12)20-13(2)15(18(21)22)11-17(20)16-8-3-4-9-19-16/h3-11H,1-2H3,(H,21,22). The summed E-state index contributed by atoms with van der Waals surface area (Å²) in [5.41, 5.74) is 4.57. The van der Waals surface area contributed by atoms with Crippen LogP contribution in [0.25, 0.3) is 17.1 Å². The molecule has 0 aliphatic heterocycles. The van der Waals surface area contributed by atoms with Crippen molar-refractivity contribution in [2.24, 2.45) is 0 Å². The van der Waals surface area contributed by atoms with Gasteiger partial charge in [-0.2, -0.15) is 0 Å². The van der Waals surface area contributed by atoms with Crippen LogP contribution in [0.15, 0.2) is 54.7 Å². The Kier molecular flexibility index (Phi) is 3.51. The van der Waals surface area contributed by atoms with Gasteiger partial charge >= 0.3 is 5.97 Å². The van der Waals surface area contributed by atoms with Crippen LogP contribution in [0.5, 0.6) is 0 Å². The van der Waals surface area contributed by atoms with Gasteiger partial charge in [0.2, 0.25) is 0 Å². The fourth-order valence-corrected chi connectivity index (χ4v) is 2.63. The van der Waals surface area contributed by atoms with E-state index < -0.39 is 5.97 Å². The van der Waals surface area contributed by atoms with Crippen LogP contribution in [0.4, 0.5) is 0 Å². The predicted molar refractivity (Wildman–Crippen MR) is 85.4 cm³/mol. The van der Waals surface area contributed by atoms with Crippen LogP contribution in [-0.4, -0.2) is 20.6 Å². The van der Waals surface area contributed by atoms with Crippen LogP contribution < -0.4 is 0 Å². The number of aryl methyl sites for hydroxylation is 1. The Morgan fingerprint density at radius 1 is 1.09 bits per heavy atom. The van der Waals surface area contributed by atoms with E-state index >= 15 is 0 Å². The van der Waals surface area contributed by atoms with Crippen LogP contribution in [0.2, 0.25) is 0 Å². The molecule has 2 aromatic heterocycles. The topological polar surface area (TPSA) is 55.1 Å². The maximum atomic E-state index is 11.5. The number of carboxylic acid groups (broad SMARTS) is 1. The zero-order valence-corrected chi connectivity index (χ0v) is 12.4. The van der Waals surface area contributed by atoms with Gasteiger partial charge in [0.1, 0.15) is 0 Å². The van der Waals surface area contributed by atoms with Crippen LogP contribution in [0.3, 0.4) is 0 Å². The molecule has 110 valence electrons. The molecule has 1 N–H and O–H groups in total. The van der Waals surface area contributed by atoms with Gasteiger partial charge in [0, 0.05) is 17.6 Å². The maximum Gasteiger partial charge on any atom is 0.337 e. The summed E-state index contributed by atoms with van der Waals surface area (Å²) < 4.78 is 1.94. The molecule has 3 aromatic rings. The third kappa shape index (κ3) is 2.39. The Bertz CT molecular complexity index is 836. The number of benzene rings is 1. The monoisotopic (exact) mass is 292 g/mol. The SMILES string of the molecule is Cc1cccc(-n2c(-c3ccccn3)cc(C(=O)O)c2C)c1. The second kappa shape index (κ2) is 5.48. The minimum absolute atomic E-state index is 0.294. The first kappa shape index (κ1) is 14.1. The Balaban J connectivity index is 2.30. The molecule has 0 atom stereocenters. The van der Waals surface area contributed by atoms with Gasteiger partial charge < -0.3 is 9.67 Å². The molecule has 0 saturated carbocycles. The molecule has 2 heterocycles. The highest BCUT2D eigenvalue weighted by Gasteiger charge is 2.19.